The normalized spacial score (nSPS) is 19.4. The molecular weight excluding hydrogens is 209 g/mol. The molecule has 0 spiro atoms. The average Bonchev–Trinajstić information content (AvgIpc) is 2.24. The number of hydrogen-bond donors (Lipinski definition) is 2. The molecule has 1 aromatic carbocycles. The van der Waals surface area contributed by atoms with Crippen molar-refractivity contribution in [3.63, 3.8) is 0 Å². The van der Waals surface area contributed by atoms with Crippen molar-refractivity contribution in [3.8, 4) is 11.5 Å². The van der Waals surface area contributed by atoms with Crippen molar-refractivity contribution in [2.75, 3.05) is 13.1 Å². The lowest BCUT2D eigenvalue weighted by molar-refractivity contribution is 0.0552. The van der Waals surface area contributed by atoms with Crippen LogP contribution in [0.15, 0.2) is 18.2 Å². The maximum absolute atomic E-state index is 13.1. The van der Waals surface area contributed by atoms with E-state index in [1.165, 1.54) is 12.1 Å². The second kappa shape index (κ2) is 4.29. The summed E-state index contributed by atoms with van der Waals surface area (Å²) in [7, 11) is 0. The molecule has 0 unspecified atom stereocenters. The Morgan fingerprint density at radius 1 is 1.38 bits per heavy atom. The number of aromatic hydroxyl groups is 1. The molecule has 1 aliphatic heterocycles. The van der Waals surface area contributed by atoms with E-state index in [1.807, 2.05) is 6.92 Å². The van der Waals surface area contributed by atoms with Gasteiger partial charge in [-0.2, -0.15) is 0 Å². The first-order chi connectivity index (χ1) is 7.59. The summed E-state index contributed by atoms with van der Waals surface area (Å²) < 4.78 is 18.9. The van der Waals surface area contributed by atoms with Gasteiger partial charge in [-0.25, -0.2) is 4.39 Å². The van der Waals surface area contributed by atoms with E-state index in [0.717, 1.165) is 25.9 Å². The van der Waals surface area contributed by atoms with Gasteiger partial charge in [0.2, 0.25) is 0 Å². The minimum atomic E-state index is -0.643. The maximum atomic E-state index is 13.1. The smallest absolute Gasteiger partial charge is 0.168 e. The van der Waals surface area contributed by atoms with Crippen molar-refractivity contribution in [3.05, 3.63) is 24.0 Å². The molecule has 4 heteroatoms. The van der Waals surface area contributed by atoms with E-state index in [1.54, 1.807) is 6.07 Å². The molecule has 0 aromatic heterocycles. The van der Waals surface area contributed by atoms with Crippen LogP contribution in [0.3, 0.4) is 0 Å². The van der Waals surface area contributed by atoms with Crippen molar-refractivity contribution < 1.29 is 14.2 Å². The van der Waals surface area contributed by atoms with Crippen LogP contribution in [0.25, 0.3) is 0 Å². The Bertz CT molecular complexity index is 375. The van der Waals surface area contributed by atoms with Gasteiger partial charge in [0.15, 0.2) is 11.6 Å². The van der Waals surface area contributed by atoms with E-state index in [2.05, 4.69) is 5.32 Å². The minimum Gasteiger partial charge on any atom is -0.505 e. The Hall–Kier alpha value is -1.29. The molecule has 3 nitrogen and oxygen atoms in total. The molecule has 1 fully saturated rings. The number of benzene rings is 1. The average molecular weight is 225 g/mol. The van der Waals surface area contributed by atoms with Crippen molar-refractivity contribution in [1.29, 1.82) is 0 Å². The number of phenols is 1. The van der Waals surface area contributed by atoms with Crippen molar-refractivity contribution in [2.24, 2.45) is 0 Å². The molecule has 0 saturated carbocycles. The number of nitrogens with one attached hydrogen (secondary N) is 1. The molecule has 0 bridgehead atoms. The maximum Gasteiger partial charge on any atom is 0.168 e. The summed E-state index contributed by atoms with van der Waals surface area (Å²) >= 11 is 0. The van der Waals surface area contributed by atoms with E-state index in [4.69, 9.17) is 9.84 Å². The monoisotopic (exact) mass is 225 g/mol. The first-order valence-electron chi connectivity index (χ1n) is 5.47. The highest BCUT2D eigenvalue weighted by atomic mass is 19.1. The van der Waals surface area contributed by atoms with E-state index in [9.17, 15) is 4.39 Å². The largest absolute Gasteiger partial charge is 0.505 e. The van der Waals surface area contributed by atoms with Gasteiger partial charge in [-0.3, -0.25) is 0 Å². The lowest BCUT2D eigenvalue weighted by atomic mass is 9.94. The van der Waals surface area contributed by atoms with Gasteiger partial charge in [-0.05, 0) is 45.0 Å². The Labute approximate surface area is 94.2 Å². The van der Waals surface area contributed by atoms with Crippen LogP contribution in [0.5, 0.6) is 11.5 Å². The highest BCUT2D eigenvalue weighted by Crippen LogP contribution is 2.28. The molecule has 1 aliphatic rings. The Balaban J connectivity index is 2.10. The highest BCUT2D eigenvalue weighted by molar-refractivity contribution is 5.32. The van der Waals surface area contributed by atoms with Crippen LogP contribution in [-0.4, -0.2) is 23.8 Å². The van der Waals surface area contributed by atoms with Gasteiger partial charge in [0.05, 0.1) is 0 Å². The van der Waals surface area contributed by atoms with Gasteiger partial charge >= 0.3 is 0 Å². The summed E-state index contributed by atoms with van der Waals surface area (Å²) in [6, 6.07) is 4.13. The molecular formula is C12H16FNO2. The molecule has 0 amide bonds. The van der Waals surface area contributed by atoms with E-state index in [0.29, 0.717) is 5.75 Å². The zero-order chi connectivity index (χ0) is 11.6. The second-order valence-electron chi connectivity index (χ2n) is 4.42. The summed E-state index contributed by atoms with van der Waals surface area (Å²) in [5.41, 5.74) is -0.241. The third-order valence-corrected chi connectivity index (χ3v) is 2.94. The van der Waals surface area contributed by atoms with Gasteiger partial charge < -0.3 is 15.2 Å². The highest BCUT2D eigenvalue weighted by Gasteiger charge is 2.28. The SMILES string of the molecule is CC1(Oc2ccc(O)c(F)c2)CCNCC1. The van der Waals surface area contributed by atoms with Gasteiger partial charge in [0, 0.05) is 6.07 Å². The second-order valence-corrected chi connectivity index (χ2v) is 4.42. The number of hydrogen-bond acceptors (Lipinski definition) is 3. The zero-order valence-corrected chi connectivity index (χ0v) is 9.29. The van der Waals surface area contributed by atoms with Gasteiger partial charge in [-0.1, -0.05) is 0 Å². The predicted molar refractivity (Wildman–Crippen MR) is 59.2 cm³/mol. The molecule has 2 rings (SSSR count). The molecule has 2 N–H and O–H groups in total. The lowest BCUT2D eigenvalue weighted by Gasteiger charge is -2.34. The number of phenolic OH excluding ortho intramolecular Hbond substituents is 1. The van der Waals surface area contributed by atoms with E-state index in [-0.39, 0.29) is 11.4 Å². The van der Waals surface area contributed by atoms with Crippen LogP contribution in [0.2, 0.25) is 0 Å². The van der Waals surface area contributed by atoms with Crippen LogP contribution in [0, 0.1) is 5.82 Å². The van der Waals surface area contributed by atoms with Gasteiger partial charge in [-0.15, -0.1) is 0 Å². The number of halogens is 1. The van der Waals surface area contributed by atoms with Crippen molar-refractivity contribution in [1.82, 2.24) is 5.32 Å². The third kappa shape index (κ3) is 2.44. The molecule has 1 aromatic rings. The number of piperidine rings is 1. The summed E-state index contributed by atoms with van der Waals surface area (Å²) in [6.07, 6.45) is 1.80. The van der Waals surface area contributed by atoms with Gasteiger partial charge in [0.25, 0.3) is 0 Å². The first-order valence-corrected chi connectivity index (χ1v) is 5.47. The van der Waals surface area contributed by atoms with E-state index < -0.39 is 5.82 Å². The third-order valence-electron chi connectivity index (χ3n) is 2.94. The van der Waals surface area contributed by atoms with Crippen molar-refractivity contribution in [2.45, 2.75) is 25.4 Å². The standard InChI is InChI=1S/C12H16FNO2/c1-12(4-6-14-7-5-12)16-9-2-3-11(15)10(13)8-9/h2-3,8,14-15H,4-7H2,1H3. The number of rotatable bonds is 2. The van der Waals surface area contributed by atoms with Crippen molar-refractivity contribution >= 4 is 0 Å². The number of ether oxygens (including phenoxy) is 1. The Morgan fingerprint density at radius 3 is 2.69 bits per heavy atom. The molecule has 0 atom stereocenters. The molecule has 0 aliphatic carbocycles. The molecule has 1 saturated heterocycles. The van der Waals surface area contributed by atoms with Crippen LogP contribution >= 0.6 is 0 Å². The minimum absolute atomic E-state index is 0.241. The Morgan fingerprint density at radius 2 is 2.06 bits per heavy atom. The van der Waals surface area contributed by atoms with Crippen LogP contribution in [0.1, 0.15) is 19.8 Å². The zero-order valence-electron chi connectivity index (χ0n) is 9.29. The van der Waals surface area contributed by atoms with Crippen LogP contribution < -0.4 is 10.1 Å². The summed E-state index contributed by atoms with van der Waals surface area (Å²) in [4.78, 5) is 0. The van der Waals surface area contributed by atoms with E-state index >= 15 is 0 Å². The summed E-state index contributed by atoms with van der Waals surface area (Å²) in [5.74, 6) is -0.516. The first kappa shape index (κ1) is 11.2. The van der Waals surface area contributed by atoms with Crippen LogP contribution in [0.4, 0.5) is 4.39 Å². The fraction of sp³-hybridized carbons (Fsp3) is 0.500. The fourth-order valence-electron chi connectivity index (χ4n) is 1.89. The Kier molecular flexibility index (Phi) is 3.01. The topological polar surface area (TPSA) is 41.5 Å². The lowest BCUT2D eigenvalue weighted by Crippen LogP contribution is -2.43. The fourth-order valence-corrected chi connectivity index (χ4v) is 1.89. The van der Waals surface area contributed by atoms with Gasteiger partial charge in [0.1, 0.15) is 11.4 Å². The molecule has 88 valence electrons. The summed E-state index contributed by atoms with van der Waals surface area (Å²) in [5, 5.41) is 12.3. The molecule has 16 heavy (non-hydrogen) atoms. The molecule has 1 heterocycles. The van der Waals surface area contributed by atoms with Crippen LogP contribution in [-0.2, 0) is 0 Å². The molecule has 0 radical (unpaired) electrons. The predicted octanol–water partition coefficient (Wildman–Crippen LogP) is 2.05. The quantitative estimate of drug-likeness (QED) is 0.809. The summed E-state index contributed by atoms with van der Waals surface area (Å²) in [6.45, 7) is 3.85.